The topological polar surface area (TPSA) is 124 Å². The normalized spacial score (nSPS) is 11.7. The van der Waals surface area contributed by atoms with Crippen LogP contribution in [0.2, 0.25) is 0 Å². The predicted molar refractivity (Wildman–Crippen MR) is 103 cm³/mol. The molecule has 1 aromatic carbocycles. The molecule has 0 aliphatic carbocycles. The lowest BCUT2D eigenvalue weighted by molar-refractivity contribution is 0.0954. The summed E-state index contributed by atoms with van der Waals surface area (Å²) < 4.78 is 24.0. The molecule has 8 nitrogen and oxygen atoms in total. The highest BCUT2D eigenvalue weighted by atomic mass is 32.2. The van der Waals surface area contributed by atoms with Gasteiger partial charge >= 0.3 is 0 Å². The fourth-order valence-corrected chi connectivity index (χ4v) is 4.29. The van der Waals surface area contributed by atoms with Gasteiger partial charge in [0.1, 0.15) is 10.7 Å². The van der Waals surface area contributed by atoms with E-state index >= 15 is 0 Å². The first-order valence-corrected chi connectivity index (χ1v) is 10.3. The molecule has 0 unspecified atom stereocenters. The molecule has 0 aliphatic rings. The number of primary sulfonamides is 1. The number of nitrogens with two attached hydrogens (primary N) is 1. The van der Waals surface area contributed by atoms with Crippen molar-refractivity contribution in [2.75, 3.05) is 0 Å². The molecule has 2 heterocycles. The molecule has 0 radical (unpaired) electrons. The summed E-state index contributed by atoms with van der Waals surface area (Å²) in [6, 6.07) is 5.94. The number of rotatable bonds is 4. The van der Waals surface area contributed by atoms with Gasteiger partial charge in [-0.2, -0.15) is 0 Å². The van der Waals surface area contributed by atoms with Crippen LogP contribution in [0.25, 0.3) is 10.2 Å². The van der Waals surface area contributed by atoms with Crippen molar-refractivity contribution in [3.63, 3.8) is 0 Å². The number of sulfonamides is 1. The van der Waals surface area contributed by atoms with Gasteiger partial charge in [0, 0.05) is 13.6 Å². The highest BCUT2D eigenvalue weighted by Crippen LogP contribution is 2.27. The minimum Gasteiger partial charge on any atom is -0.347 e. The fourth-order valence-electron chi connectivity index (χ4n) is 2.64. The van der Waals surface area contributed by atoms with E-state index in [-0.39, 0.29) is 22.9 Å². The van der Waals surface area contributed by atoms with Gasteiger partial charge in [0.2, 0.25) is 10.0 Å². The number of amides is 1. The molecule has 0 fully saturated rings. The molecule has 0 atom stereocenters. The van der Waals surface area contributed by atoms with Crippen LogP contribution >= 0.6 is 11.3 Å². The van der Waals surface area contributed by atoms with Gasteiger partial charge < -0.3 is 5.32 Å². The summed E-state index contributed by atoms with van der Waals surface area (Å²) in [4.78, 5) is 30.4. The Morgan fingerprint density at radius 2 is 1.89 bits per heavy atom. The van der Waals surface area contributed by atoms with E-state index in [9.17, 15) is 18.0 Å². The van der Waals surface area contributed by atoms with Gasteiger partial charge in [-0.3, -0.25) is 14.2 Å². The lowest BCUT2D eigenvalue weighted by Gasteiger charge is -2.06. The van der Waals surface area contributed by atoms with Crippen LogP contribution in [0.15, 0.2) is 34.0 Å². The number of aromatic nitrogens is 2. The van der Waals surface area contributed by atoms with Crippen LogP contribution in [0.4, 0.5) is 0 Å². The smallest absolute Gasteiger partial charge is 0.262 e. The standard InChI is InChI=1S/C17H18N4O4S2/c1-9-13-16(20-10(2)21(3)17(13)23)26-14(9)15(22)19-8-11-4-6-12(7-5-11)27(18,24)25/h4-7H,8H2,1-3H3,(H,19,22)(H2,18,24,25). The first kappa shape index (κ1) is 19.2. The summed E-state index contributed by atoms with van der Waals surface area (Å²) in [6.07, 6.45) is 0. The average Bonchev–Trinajstić information content (AvgIpc) is 2.93. The molecule has 1 amide bonds. The van der Waals surface area contributed by atoms with Gasteiger partial charge in [0.05, 0.1) is 15.2 Å². The molecule has 3 N–H and O–H groups in total. The number of carbonyl (C=O) groups excluding carboxylic acids is 1. The van der Waals surface area contributed by atoms with Crippen LogP contribution in [0, 0.1) is 13.8 Å². The number of fused-ring (bicyclic) bond motifs is 1. The minimum absolute atomic E-state index is 0.00946. The monoisotopic (exact) mass is 406 g/mol. The maximum Gasteiger partial charge on any atom is 0.262 e. The van der Waals surface area contributed by atoms with E-state index < -0.39 is 10.0 Å². The second kappa shape index (κ2) is 6.87. The minimum atomic E-state index is -3.75. The lowest BCUT2D eigenvalue weighted by atomic mass is 10.2. The van der Waals surface area contributed by atoms with Gasteiger partial charge in [-0.15, -0.1) is 11.3 Å². The van der Waals surface area contributed by atoms with E-state index in [0.717, 1.165) is 5.56 Å². The second-order valence-corrected chi connectivity index (χ2v) is 8.69. The summed E-state index contributed by atoms with van der Waals surface area (Å²) >= 11 is 1.18. The third kappa shape index (κ3) is 3.64. The zero-order valence-corrected chi connectivity index (χ0v) is 16.6. The molecule has 0 aliphatic heterocycles. The molecular weight excluding hydrogens is 388 g/mol. The molecule has 10 heteroatoms. The SMILES string of the molecule is Cc1c(C(=O)NCc2ccc(S(N)(=O)=O)cc2)sc2nc(C)n(C)c(=O)c12. The summed E-state index contributed by atoms with van der Waals surface area (Å²) in [7, 11) is -2.10. The van der Waals surface area contributed by atoms with Crippen LogP contribution in [0.5, 0.6) is 0 Å². The van der Waals surface area contributed by atoms with Crippen molar-refractivity contribution < 1.29 is 13.2 Å². The Bertz CT molecular complexity index is 1210. The molecule has 0 spiro atoms. The van der Waals surface area contributed by atoms with Crippen molar-refractivity contribution in [1.29, 1.82) is 0 Å². The quantitative estimate of drug-likeness (QED) is 0.673. The van der Waals surface area contributed by atoms with Gasteiger partial charge in [0.25, 0.3) is 11.5 Å². The third-order valence-electron chi connectivity index (χ3n) is 4.31. The van der Waals surface area contributed by atoms with Gasteiger partial charge in [-0.05, 0) is 37.1 Å². The number of nitrogens with one attached hydrogen (secondary N) is 1. The lowest BCUT2D eigenvalue weighted by Crippen LogP contribution is -2.23. The second-order valence-electron chi connectivity index (χ2n) is 6.13. The number of hydrogen-bond acceptors (Lipinski definition) is 6. The number of benzene rings is 1. The van der Waals surface area contributed by atoms with Crippen molar-refractivity contribution in [2.24, 2.45) is 12.2 Å². The van der Waals surface area contributed by atoms with Crippen LogP contribution in [-0.2, 0) is 23.6 Å². The molecule has 0 saturated carbocycles. The Morgan fingerprint density at radius 3 is 2.48 bits per heavy atom. The molecule has 27 heavy (non-hydrogen) atoms. The Balaban J connectivity index is 1.84. The van der Waals surface area contributed by atoms with Crippen LogP contribution in [0.1, 0.15) is 26.6 Å². The molecule has 3 rings (SSSR count). The van der Waals surface area contributed by atoms with Crippen LogP contribution < -0.4 is 16.0 Å². The zero-order valence-electron chi connectivity index (χ0n) is 14.9. The molecule has 142 valence electrons. The van der Waals surface area contributed by atoms with E-state index in [1.165, 1.54) is 28.0 Å². The van der Waals surface area contributed by atoms with E-state index in [0.29, 0.717) is 26.5 Å². The molecular formula is C17H18N4O4S2. The largest absolute Gasteiger partial charge is 0.347 e. The van der Waals surface area contributed by atoms with E-state index in [1.54, 1.807) is 33.0 Å². The highest BCUT2D eigenvalue weighted by molar-refractivity contribution is 7.89. The van der Waals surface area contributed by atoms with Crippen molar-refractivity contribution in [1.82, 2.24) is 14.9 Å². The first-order valence-electron chi connectivity index (χ1n) is 7.96. The van der Waals surface area contributed by atoms with Gasteiger partial charge in [-0.1, -0.05) is 12.1 Å². The predicted octanol–water partition coefficient (Wildman–Crippen LogP) is 1.19. The number of aryl methyl sites for hydroxylation is 2. The maximum atomic E-state index is 12.6. The van der Waals surface area contributed by atoms with Crippen molar-refractivity contribution >= 4 is 37.5 Å². The molecule has 0 saturated heterocycles. The van der Waals surface area contributed by atoms with Crippen LogP contribution in [-0.4, -0.2) is 23.9 Å². The fraction of sp³-hybridized carbons (Fsp3) is 0.235. The Hall–Kier alpha value is -2.56. The zero-order chi connectivity index (χ0) is 19.9. The average molecular weight is 406 g/mol. The molecule has 2 aromatic heterocycles. The summed E-state index contributed by atoms with van der Waals surface area (Å²) in [6.45, 7) is 3.68. The van der Waals surface area contributed by atoms with Crippen molar-refractivity contribution in [3.8, 4) is 0 Å². The Morgan fingerprint density at radius 1 is 1.26 bits per heavy atom. The van der Waals surface area contributed by atoms with E-state index in [2.05, 4.69) is 10.3 Å². The molecule has 3 aromatic rings. The third-order valence-corrected chi connectivity index (χ3v) is 6.42. The number of hydrogen-bond donors (Lipinski definition) is 2. The van der Waals surface area contributed by atoms with Gasteiger partial charge in [-0.25, -0.2) is 18.5 Å². The summed E-state index contributed by atoms with van der Waals surface area (Å²) in [5, 5.41) is 8.30. The summed E-state index contributed by atoms with van der Waals surface area (Å²) in [5.41, 5.74) is 1.15. The van der Waals surface area contributed by atoms with E-state index in [4.69, 9.17) is 5.14 Å². The van der Waals surface area contributed by atoms with Crippen molar-refractivity contribution in [2.45, 2.75) is 25.3 Å². The maximum absolute atomic E-state index is 12.6. The Labute approximate surface area is 159 Å². The number of nitrogens with zero attached hydrogens (tertiary/aromatic N) is 2. The Kier molecular flexibility index (Phi) is 4.89. The molecule has 0 bridgehead atoms. The first-order chi connectivity index (χ1) is 12.6. The highest BCUT2D eigenvalue weighted by Gasteiger charge is 2.19. The summed E-state index contributed by atoms with van der Waals surface area (Å²) in [5.74, 6) is 0.265. The number of thiophene rings is 1. The number of carbonyl (C=O) groups is 1. The van der Waals surface area contributed by atoms with Crippen molar-refractivity contribution in [3.05, 3.63) is 56.4 Å². The van der Waals surface area contributed by atoms with Crippen LogP contribution in [0.3, 0.4) is 0 Å². The van der Waals surface area contributed by atoms with Gasteiger partial charge in [0.15, 0.2) is 0 Å². The van der Waals surface area contributed by atoms with E-state index in [1.807, 2.05) is 0 Å².